The van der Waals surface area contributed by atoms with Crippen molar-refractivity contribution in [1.82, 2.24) is 19.9 Å². The second-order valence-corrected chi connectivity index (χ2v) is 9.69. The van der Waals surface area contributed by atoms with Crippen LogP contribution in [-0.4, -0.2) is 72.0 Å². The molecule has 0 radical (unpaired) electrons. The molecule has 2 aromatic rings. The van der Waals surface area contributed by atoms with E-state index in [-0.39, 0.29) is 29.4 Å². The quantitative estimate of drug-likeness (QED) is 0.759. The number of nitrogens with zero attached hydrogens (tertiary/aromatic N) is 4. The highest BCUT2D eigenvalue weighted by Gasteiger charge is 2.37. The number of amides is 1. The van der Waals surface area contributed by atoms with E-state index in [0.29, 0.717) is 44.3 Å². The molecule has 1 aromatic carbocycles. The maximum atomic E-state index is 12.6. The van der Waals surface area contributed by atoms with Crippen LogP contribution < -0.4 is 0 Å². The molecule has 9 heteroatoms. The van der Waals surface area contributed by atoms with Crippen molar-refractivity contribution in [1.29, 1.82) is 0 Å². The van der Waals surface area contributed by atoms with Crippen molar-refractivity contribution in [3.05, 3.63) is 36.2 Å². The fourth-order valence-corrected chi connectivity index (χ4v) is 5.58. The van der Waals surface area contributed by atoms with Crippen molar-refractivity contribution >= 4 is 15.7 Å². The maximum absolute atomic E-state index is 12.6. The summed E-state index contributed by atoms with van der Waals surface area (Å²) in [6.07, 6.45) is 0.446. The average molecular weight is 404 g/mol. The minimum absolute atomic E-state index is 0.00724. The third-order valence-corrected chi connectivity index (χ3v) is 7.35. The monoisotopic (exact) mass is 404 g/mol. The smallest absolute Gasteiger partial charge is 0.244 e. The summed E-state index contributed by atoms with van der Waals surface area (Å²) >= 11 is 0. The number of carbonyl (C=O) groups is 1. The number of carbonyl (C=O) groups excluding carboxylic acids is 1. The van der Waals surface area contributed by atoms with Crippen molar-refractivity contribution in [2.24, 2.45) is 5.92 Å². The highest BCUT2D eigenvalue weighted by molar-refractivity contribution is 7.91. The minimum Gasteiger partial charge on any atom is -0.340 e. The van der Waals surface area contributed by atoms with Gasteiger partial charge >= 0.3 is 0 Å². The van der Waals surface area contributed by atoms with Crippen LogP contribution in [0.4, 0.5) is 0 Å². The molecular formula is C19H24N4O4S. The predicted molar refractivity (Wildman–Crippen MR) is 103 cm³/mol. The van der Waals surface area contributed by atoms with Crippen LogP contribution in [0.15, 0.2) is 34.9 Å². The van der Waals surface area contributed by atoms with Crippen LogP contribution in [0.2, 0.25) is 0 Å². The van der Waals surface area contributed by atoms with Crippen LogP contribution in [0.1, 0.15) is 25.3 Å². The molecule has 0 spiro atoms. The standard InChI is InChI=1S/C19H24N4O4S/c1-14(18-20-17(21-27-18)15-5-3-2-4-6-15)22-8-10-23(11-9-22)19(24)16-7-12-28(25,26)13-16/h2-6,14,16H,7-13H2,1H3. The van der Waals surface area contributed by atoms with E-state index < -0.39 is 9.84 Å². The Bertz CT molecular complexity index is 936. The summed E-state index contributed by atoms with van der Waals surface area (Å²) in [5.74, 6) is 0.837. The molecular weight excluding hydrogens is 380 g/mol. The van der Waals surface area contributed by atoms with Gasteiger partial charge in [-0.3, -0.25) is 9.69 Å². The van der Waals surface area contributed by atoms with E-state index in [1.165, 1.54) is 0 Å². The number of benzene rings is 1. The molecule has 0 saturated carbocycles. The highest BCUT2D eigenvalue weighted by atomic mass is 32.2. The normalized spacial score (nSPS) is 23.6. The van der Waals surface area contributed by atoms with E-state index >= 15 is 0 Å². The highest BCUT2D eigenvalue weighted by Crippen LogP contribution is 2.25. The molecule has 0 aliphatic carbocycles. The lowest BCUT2D eigenvalue weighted by atomic mass is 10.1. The molecule has 2 fully saturated rings. The SMILES string of the molecule is CC(c1nc(-c2ccccc2)no1)N1CCN(C(=O)C2CCS(=O)(=O)C2)CC1. The van der Waals surface area contributed by atoms with Gasteiger partial charge in [-0.05, 0) is 13.3 Å². The second kappa shape index (κ2) is 7.63. The van der Waals surface area contributed by atoms with Crippen molar-refractivity contribution in [3.8, 4) is 11.4 Å². The van der Waals surface area contributed by atoms with Gasteiger partial charge in [0, 0.05) is 31.7 Å². The van der Waals surface area contributed by atoms with E-state index in [1.807, 2.05) is 37.3 Å². The van der Waals surface area contributed by atoms with E-state index in [2.05, 4.69) is 15.0 Å². The summed E-state index contributed by atoms with van der Waals surface area (Å²) in [4.78, 5) is 21.1. The fraction of sp³-hybridized carbons (Fsp3) is 0.526. The summed E-state index contributed by atoms with van der Waals surface area (Å²) in [5.41, 5.74) is 0.909. The summed E-state index contributed by atoms with van der Waals surface area (Å²) < 4.78 is 28.7. The van der Waals surface area contributed by atoms with Crippen molar-refractivity contribution in [2.75, 3.05) is 37.7 Å². The Morgan fingerprint density at radius 1 is 1.18 bits per heavy atom. The predicted octanol–water partition coefficient (Wildman–Crippen LogP) is 1.38. The largest absolute Gasteiger partial charge is 0.340 e. The van der Waals surface area contributed by atoms with Gasteiger partial charge in [-0.25, -0.2) is 8.42 Å². The van der Waals surface area contributed by atoms with Gasteiger partial charge in [0.25, 0.3) is 0 Å². The molecule has 150 valence electrons. The van der Waals surface area contributed by atoms with E-state index in [9.17, 15) is 13.2 Å². The number of aromatic nitrogens is 2. The fourth-order valence-electron chi connectivity index (χ4n) is 3.84. The molecule has 1 aromatic heterocycles. The molecule has 4 rings (SSSR count). The Morgan fingerprint density at radius 3 is 2.54 bits per heavy atom. The van der Waals surface area contributed by atoms with Crippen LogP contribution in [0.25, 0.3) is 11.4 Å². The maximum Gasteiger partial charge on any atom is 0.244 e. The van der Waals surface area contributed by atoms with Gasteiger partial charge in [0.15, 0.2) is 9.84 Å². The molecule has 2 aliphatic rings. The topological polar surface area (TPSA) is 96.6 Å². The number of hydrogen-bond donors (Lipinski definition) is 0. The number of hydrogen-bond acceptors (Lipinski definition) is 7. The Morgan fingerprint density at radius 2 is 1.89 bits per heavy atom. The minimum atomic E-state index is -3.05. The van der Waals surface area contributed by atoms with Gasteiger partial charge in [0.2, 0.25) is 17.6 Å². The van der Waals surface area contributed by atoms with Crippen molar-refractivity contribution in [3.63, 3.8) is 0 Å². The third-order valence-electron chi connectivity index (χ3n) is 5.59. The van der Waals surface area contributed by atoms with Gasteiger partial charge in [-0.15, -0.1) is 0 Å². The summed E-state index contributed by atoms with van der Waals surface area (Å²) in [6.45, 7) is 4.56. The first-order valence-corrected chi connectivity index (χ1v) is 11.4. The van der Waals surface area contributed by atoms with Crippen molar-refractivity contribution in [2.45, 2.75) is 19.4 Å². The summed E-state index contributed by atoms with van der Waals surface area (Å²) in [7, 11) is -3.05. The first kappa shape index (κ1) is 19.1. The van der Waals surface area contributed by atoms with Crippen LogP contribution >= 0.6 is 0 Å². The molecule has 2 atom stereocenters. The van der Waals surface area contributed by atoms with Gasteiger partial charge in [0.1, 0.15) is 0 Å². The number of rotatable bonds is 4. The molecule has 8 nitrogen and oxygen atoms in total. The molecule has 3 heterocycles. The lowest BCUT2D eigenvalue weighted by Gasteiger charge is -2.37. The van der Waals surface area contributed by atoms with Crippen molar-refractivity contribution < 1.29 is 17.7 Å². The zero-order valence-corrected chi connectivity index (χ0v) is 16.6. The lowest BCUT2D eigenvalue weighted by Crippen LogP contribution is -2.51. The van der Waals surface area contributed by atoms with E-state index in [4.69, 9.17) is 4.52 Å². The molecule has 2 saturated heterocycles. The van der Waals surface area contributed by atoms with Crippen LogP contribution in [0.3, 0.4) is 0 Å². The molecule has 2 aliphatic heterocycles. The third kappa shape index (κ3) is 3.95. The van der Waals surface area contributed by atoms with Gasteiger partial charge < -0.3 is 9.42 Å². The van der Waals surface area contributed by atoms with Crippen LogP contribution in [0, 0.1) is 5.92 Å². The van der Waals surface area contributed by atoms with Gasteiger partial charge in [0.05, 0.1) is 23.5 Å². The second-order valence-electron chi connectivity index (χ2n) is 7.46. The Balaban J connectivity index is 1.35. The summed E-state index contributed by atoms with van der Waals surface area (Å²) in [5, 5.41) is 4.08. The van der Waals surface area contributed by atoms with Gasteiger partial charge in [-0.1, -0.05) is 35.5 Å². The average Bonchev–Trinajstić information content (AvgIpc) is 3.34. The first-order valence-electron chi connectivity index (χ1n) is 9.55. The number of sulfone groups is 1. The van der Waals surface area contributed by atoms with Crippen LogP contribution in [0.5, 0.6) is 0 Å². The summed E-state index contributed by atoms with van der Waals surface area (Å²) in [6, 6.07) is 9.63. The molecule has 2 unspecified atom stereocenters. The van der Waals surface area contributed by atoms with Gasteiger partial charge in [-0.2, -0.15) is 4.98 Å². The molecule has 0 bridgehead atoms. The first-order chi connectivity index (χ1) is 13.4. The Labute approximate surface area is 164 Å². The Hall–Kier alpha value is -2.26. The molecule has 28 heavy (non-hydrogen) atoms. The number of piperazine rings is 1. The molecule has 1 amide bonds. The zero-order chi connectivity index (χ0) is 19.7. The van der Waals surface area contributed by atoms with Crippen LogP contribution in [-0.2, 0) is 14.6 Å². The Kier molecular flexibility index (Phi) is 5.20. The van der Waals surface area contributed by atoms with E-state index in [1.54, 1.807) is 4.90 Å². The molecule has 0 N–H and O–H groups in total. The van der Waals surface area contributed by atoms with E-state index in [0.717, 1.165) is 5.56 Å². The lowest BCUT2D eigenvalue weighted by molar-refractivity contribution is -0.136. The zero-order valence-electron chi connectivity index (χ0n) is 15.8.